The smallest absolute Gasteiger partial charge is 0.245 e. The van der Waals surface area contributed by atoms with Gasteiger partial charge in [0.15, 0.2) is 11.6 Å². The van der Waals surface area contributed by atoms with E-state index in [1.807, 2.05) is 12.1 Å². The molecule has 0 N–H and O–H groups in total. The molecule has 0 saturated carbocycles. The fourth-order valence-electron chi connectivity index (χ4n) is 3.88. The highest BCUT2D eigenvalue weighted by atomic mass is 28.4. The quantitative estimate of drug-likeness (QED) is 0.311. The van der Waals surface area contributed by atoms with Crippen molar-refractivity contribution >= 4 is 19.9 Å². The van der Waals surface area contributed by atoms with Crippen LogP contribution >= 0.6 is 0 Å². The van der Waals surface area contributed by atoms with Crippen LogP contribution in [0.1, 0.15) is 77.3 Å². The topological polar surface area (TPSA) is 43.4 Å². The van der Waals surface area contributed by atoms with E-state index < -0.39 is 8.32 Å². The van der Waals surface area contributed by atoms with Crippen molar-refractivity contribution in [3.05, 3.63) is 64.7 Å². The van der Waals surface area contributed by atoms with Crippen LogP contribution in [0.15, 0.2) is 42.5 Å². The van der Waals surface area contributed by atoms with E-state index in [0.29, 0.717) is 28.0 Å². The van der Waals surface area contributed by atoms with Gasteiger partial charge < -0.3 is 4.43 Å². The highest BCUT2D eigenvalue weighted by molar-refractivity contribution is 6.71. The predicted molar refractivity (Wildman–Crippen MR) is 116 cm³/mol. The first kappa shape index (κ1) is 20.5. The Hall–Kier alpha value is -2.20. The molecule has 3 nitrogen and oxygen atoms in total. The lowest BCUT2D eigenvalue weighted by molar-refractivity contribution is 0.0977. The van der Waals surface area contributed by atoms with E-state index in [1.165, 1.54) is 32.1 Å². The maximum Gasteiger partial charge on any atom is 0.245 e. The lowest BCUT2D eigenvalue weighted by atomic mass is 9.84. The molecule has 0 aliphatic heterocycles. The maximum atomic E-state index is 13.1. The Balaban J connectivity index is 1.76. The Bertz CT molecular complexity index is 870. The van der Waals surface area contributed by atoms with Crippen molar-refractivity contribution in [2.45, 2.75) is 64.6 Å². The van der Waals surface area contributed by atoms with Crippen LogP contribution in [-0.4, -0.2) is 19.9 Å². The zero-order valence-electron chi connectivity index (χ0n) is 17.2. The Morgan fingerprint density at radius 2 is 1.36 bits per heavy atom. The number of benzene rings is 2. The van der Waals surface area contributed by atoms with Crippen molar-refractivity contribution in [2.75, 3.05) is 0 Å². The molecule has 1 aliphatic rings. The van der Waals surface area contributed by atoms with Gasteiger partial charge in [0, 0.05) is 16.7 Å². The summed E-state index contributed by atoms with van der Waals surface area (Å²) in [7, 11) is -1.98. The van der Waals surface area contributed by atoms with E-state index in [2.05, 4.69) is 20.0 Å². The first-order chi connectivity index (χ1) is 13.4. The number of unbranched alkanes of at least 4 members (excludes halogenated alkanes) is 5. The molecule has 0 saturated heterocycles. The van der Waals surface area contributed by atoms with Crippen LogP contribution in [-0.2, 0) is 0 Å². The number of rotatable bonds is 9. The first-order valence-corrected chi connectivity index (χ1v) is 13.6. The summed E-state index contributed by atoms with van der Waals surface area (Å²) in [4.78, 5) is 26.0. The number of carbonyl (C=O) groups excluding carboxylic acids is 2. The SMILES string of the molecule is CCCCCCCC[Si](C)(C)Oc1cccc2c1C(=O)c1ccccc1C2=O. The first-order valence-electron chi connectivity index (χ1n) is 10.4. The molecular weight excluding hydrogens is 364 g/mol. The molecule has 0 atom stereocenters. The van der Waals surface area contributed by atoms with Crippen molar-refractivity contribution in [1.82, 2.24) is 0 Å². The molecule has 0 fully saturated rings. The summed E-state index contributed by atoms with van der Waals surface area (Å²) < 4.78 is 6.43. The van der Waals surface area contributed by atoms with Gasteiger partial charge in [-0.15, -0.1) is 0 Å². The van der Waals surface area contributed by atoms with Gasteiger partial charge in [-0.25, -0.2) is 0 Å². The van der Waals surface area contributed by atoms with Gasteiger partial charge in [0.05, 0.1) is 5.56 Å². The van der Waals surface area contributed by atoms with Crippen molar-refractivity contribution in [3.8, 4) is 5.75 Å². The van der Waals surface area contributed by atoms with E-state index >= 15 is 0 Å². The monoisotopic (exact) mass is 394 g/mol. The molecule has 0 amide bonds. The average molecular weight is 395 g/mol. The summed E-state index contributed by atoms with van der Waals surface area (Å²) in [5.41, 5.74) is 1.87. The minimum Gasteiger partial charge on any atom is -0.544 e. The lowest BCUT2D eigenvalue weighted by Gasteiger charge is -2.27. The van der Waals surface area contributed by atoms with Crippen LogP contribution in [0.25, 0.3) is 0 Å². The zero-order chi connectivity index (χ0) is 20.1. The van der Waals surface area contributed by atoms with Crippen LogP contribution in [0.5, 0.6) is 5.75 Å². The Morgan fingerprint density at radius 1 is 0.750 bits per heavy atom. The highest BCUT2D eigenvalue weighted by Gasteiger charge is 2.34. The summed E-state index contributed by atoms with van der Waals surface area (Å²) in [6, 6.07) is 13.5. The molecule has 0 bridgehead atoms. The van der Waals surface area contributed by atoms with Crippen molar-refractivity contribution in [2.24, 2.45) is 0 Å². The third-order valence-corrected chi connectivity index (χ3v) is 7.76. The van der Waals surface area contributed by atoms with E-state index in [0.717, 1.165) is 12.5 Å². The van der Waals surface area contributed by atoms with Gasteiger partial charge in [0.1, 0.15) is 5.75 Å². The van der Waals surface area contributed by atoms with E-state index in [-0.39, 0.29) is 11.6 Å². The normalized spacial score (nSPS) is 13.2. The average Bonchev–Trinajstić information content (AvgIpc) is 2.68. The minimum atomic E-state index is -1.98. The van der Waals surface area contributed by atoms with Gasteiger partial charge in [-0.1, -0.05) is 81.8 Å². The van der Waals surface area contributed by atoms with Gasteiger partial charge in [0.25, 0.3) is 0 Å². The summed E-state index contributed by atoms with van der Waals surface area (Å²) in [6.45, 7) is 6.62. The molecule has 0 spiro atoms. The van der Waals surface area contributed by atoms with Crippen molar-refractivity contribution < 1.29 is 14.0 Å². The van der Waals surface area contributed by atoms with Gasteiger partial charge in [-0.2, -0.15) is 0 Å². The highest BCUT2D eigenvalue weighted by Crippen LogP contribution is 2.35. The Morgan fingerprint density at radius 3 is 2.07 bits per heavy atom. The van der Waals surface area contributed by atoms with E-state index in [1.54, 1.807) is 30.3 Å². The molecule has 0 radical (unpaired) electrons. The minimum absolute atomic E-state index is 0.0916. The molecule has 0 unspecified atom stereocenters. The molecule has 2 aromatic rings. The fourth-order valence-corrected chi connectivity index (χ4v) is 5.85. The van der Waals surface area contributed by atoms with Gasteiger partial charge in [0.2, 0.25) is 8.32 Å². The summed E-state index contributed by atoms with van der Waals surface area (Å²) >= 11 is 0. The fraction of sp³-hybridized carbons (Fsp3) is 0.417. The molecule has 3 rings (SSSR count). The van der Waals surface area contributed by atoms with Crippen LogP contribution in [0, 0.1) is 0 Å². The molecule has 0 aromatic heterocycles. The Labute approximate surface area is 169 Å². The molecule has 2 aromatic carbocycles. The predicted octanol–water partition coefficient (Wildman–Crippen LogP) is 6.41. The summed E-state index contributed by atoms with van der Waals surface area (Å²) in [6.07, 6.45) is 7.55. The molecule has 4 heteroatoms. The number of hydrogen-bond acceptors (Lipinski definition) is 3. The third kappa shape index (κ3) is 4.44. The third-order valence-electron chi connectivity index (χ3n) is 5.43. The van der Waals surface area contributed by atoms with Crippen LogP contribution < -0.4 is 4.43 Å². The van der Waals surface area contributed by atoms with E-state index in [4.69, 9.17) is 4.43 Å². The molecule has 1 aliphatic carbocycles. The number of hydrogen-bond donors (Lipinski definition) is 0. The maximum absolute atomic E-state index is 13.1. The van der Waals surface area contributed by atoms with Gasteiger partial charge >= 0.3 is 0 Å². The molecule has 148 valence electrons. The van der Waals surface area contributed by atoms with Crippen molar-refractivity contribution in [1.29, 1.82) is 0 Å². The second-order valence-electron chi connectivity index (χ2n) is 8.26. The largest absolute Gasteiger partial charge is 0.544 e. The second-order valence-corrected chi connectivity index (χ2v) is 12.5. The summed E-state index contributed by atoms with van der Waals surface area (Å²) in [5.74, 6) is 0.379. The summed E-state index contributed by atoms with van der Waals surface area (Å²) in [5, 5.41) is 0. The van der Waals surface area contributed by atoms with Crippen LogP contribution in [0.3, 0.4) is 0 Å². The molecular formula is C24H30O3Si. The lowest BCUT2D eigenvalue weighted by Crippen LogP contribution is -2.35. The van der Waals surface area contributed by atoms with Crippen LogP contribution in [0.2, 0.25) is 19.1 Å². The van der Waals surface area contributed by atoms with Crippen molar-refractivity contribution in [3.63, 3.8) is 0 Å². The second kappa shape index (κ2) is 8.87. The van der Waals surface area contributed by atoms with Gasteiger partial charge in [-0.05, 0) is 25.2 Å². The van der Waals surface area contributed by atoms with Gasteiger partial charge in [-0.3, -0.25) is 9.59 Å². The number of ketones is 2. The molecule has 0 heterocycles. The standard InChI is InChI=1S/C24H30O3Si/c1-4-5-6-7-8-11-17-28(2,3)27-21-16-12-15-20-22(21)24(26)19-14-10-9-13-18(19)23(20)25/h9-10,12-16H,4-8,11,17H2,1-3H3. The van der Waals surface area contributed by atoms with E-state index in [9.17, 15) is 9.59 Å². The number of carbonyl (C=O) groups is 2. The zero-order valence-corrected chi connectivity index (χ0v) is 18.2. The molecule has 28 heavy (non-hydrogen) atoms. The van der Waals surface area contributed by atoms with Crippen LogP contribution in [0.4, 0.5) is 0 Å². The Kier molecular flexibility index (Phi) is 6.50. The number of fused-ring (bicyclic) bond motifs is 2.